The number of unbranched alkanes of at least 4 members (excludes halogenated alkanes) is 6. The third-order valence-electron chi connectivity index (χ3n) is 4.07. The number of hydrogen-bond acceptors (Lipinski definition) is 4. The van der Waals surface area contributed by atoms with Gasteiger partial charge in [-0.05, 0) is 19.8 Å². The first-order valence-electron chi connectivity index (χ1n) is 8.41. The molecule has 0 saturated carbocycles. The summed E-state index contributed by atoms with van der Waals surface area (Å²) in [7, 11) is 2.88. The Morgan fingerprint density at radius 2 is 1.43 bits per heavy atom. The number of methoxy groups -OCH3 is 2. The van der Waals surface area contributed by atoms with E-state index < -0.39 is 0 Å². The van der Waals surface area contributed by atoms with E-state index in [4.69, 9.17) is 9.47 Å². The lowest BCUT2D eigenvalue weighted by molar-refractivity contribution is 0.315. The lowest BCUT2D eigenvalue weighted by atomic mass is 10.0. The van der Waals surface area contributed by atoms with Crippen molar-refractivity contribution in [3.05, 3.63) is 17.2 Å². The van der Waals surface area contributed by atoms with Crippen molar-refractivity contribution in [2.45, 2.75) is 58.8 Å². The summed E-state index contributed by atoms with van der Waals surface area (Å²) in [5.41, 5.74) is 1.16. The van der Waals surface area contributed by atoms with Crippen molar-refractivity contribution >= 4 is 6.08 Å². The molecule has 4 heteroatoms. The molecule has 1 aromatic carbocycles. The summed E-state index contributed by atoms with van der Waals surface area (Å²) in [5, 5.41) is 20.5. The summed E-state index contributed by atoms with van der Waals surface area (Å²) in [6.07, 6.45) is 12.4. The highest BCUT2D eigenvalue weighted by molar-refractivity contribution is 5.74. The molecule has 0 radical (unpaired) electrons. The smallest absolute Gasteiger partial charge is 0.207 e. The number of hydrogen-bond donors (Lipinski definition) is 2. The lowest BCUT2D eigenvalue weighted by Crippen LogP contribution is -1.96. The fraction of sp³-hybridized carbons (Fsp3) is 0.579. The molecule has 23 heavy (non-hydrogen) atoms. The van der Waals surface area contributed by atoms with Gasteiger partial charge in [-0.1, -0.05) is 51.2 Å². The van der Waals surface area contributed by atoms with Crippen LogP contribution in [0.1, 0.15) is 63.0 Å². The van der Waals surface area contributed by atoms with Gasteiger partial charge in [0, 0.05) is 11.1 Å². The number of allylic oxidation sites excluding steroid dienone is 1. The predicted molar refractivity (Wildman–Crippen MR) is 94.6 cm³/mol. The van der Waals surface area contributed by atoms with Crippen molar-refractivity contribution in [3.63, 3.8) is 0 Å². The quantitative estimate of drug-likeness (QED) is 0.460. The van der Waals surface area contributed by atoms with Crippen molar-refractivity contribution in [2.75, 3.05) is 14.2 Å². The van der Waals surface area contributed by atoms with Crippen LogP contribution in [0.2, 0.25) is 0 Å². The average Bonchev–Trinajstić information content (AvgIpc) is 2.55. The highest BCUT2D eigenvalue weighted by Crippen LogP contribution is 2.48. The first-order chi connectivity index (χ1) is 11.1. The Hall–Kier alpha value is -1.84. The van der Waals surface area contributed by atoms with E-state index in [2.05, 4.69) is 6.92 Å². The van der Waals surface area contributed by atoms with Crippen LogP contribution in [0.4, 0.5) is 0 Å². The zero-order chi connectivity index (χ0) is 17.2. The number of benzene rings is 1. The minimum absolute atomic E-state index is 0.00107. The van der Waals surface area contributed by atoms with Gasteiger partial charge in [0.2, 0.25) is 11.5 Å². The molecule has 4 nitrogen and oxygen atoms in total. The molecule has 2 N–H and O–H groups in total. The van der Waals surface area contributed by atoms with Gasteiger partial charge in [-0.3, -0.25) is 0 Å². The van der Waals surface area contributed by atoms with Crippen molar-refractivity contribution in [1.29, 1.82) is 0 Å². The zero-order valence-electron chi connectivity index (χ0n) is 14.8. The molecule has 1 aromatic rings. The highest BCUT2D eigenvalue weighted by Gasteiger charge is 2.21. The van der Waals surface area contributed by atoms with Gasteiger partial charge < -0.3 is 19.7 Å². The number of rotatable bonds is 10. The Kier molecular flexibility index (Phi) is 8.38. The van der Waals surface area contributed by atoms with Gasteiger partial charge in [-0.2, -0.15) is 0 Å². The first kappa shape index (κ1) is 19.2. The number of phenols is 2. The molecule has 0 bridgehead atoms. The summed E-state index contributed by atoms with van der Waals surface area (Å²) >= 11 is 0. The van der Waals surface area contributed by atoms with Gasteiger partial charge in [0.25, 0.3) is 0 Å². The monoisotopic (exact) mass is 322 g/mol. The minimum Gasteiger partial charge on any atom is -0.504 e. The fourth-order valence-electron chi connectivity index (χ4n) is 2.64. The van der Waals surface area contributed by atoms with Crippen LogP contribution < -0.4 is 9.47 Å². The number of phenolic OH excluding ortho intramolecular Hbond substituents is 2. The summed E-state index contributed by atoms with van der Waals surface area (Å²) < 4.78 is 10.3. The second-order valence-corrected chi connectivity index (χ2v) is 5.76. The van der Waals surface area contributed by atoms with Gasteiger partial charge in [-0.25, -0.2) is 0 Å². The Morgan fingerprint density at radius 1 is 0.870 bits per heavy atom. The maximum Gasteiger partial charge on any atom is 0.207 e. The topological polar surface area (TPSA) is 58.9 Å². The maximum atomic E-state index is 10.3. The molecular formula is C19H30O4. The summed E-state index contributed by atoms with van der Waals surface area (Å²) in [6, 6.07) is 0. The number of ether oxygens (including phenoxy) is 2. The van der Waals surface area contributed by atoms with Crippen LogP contribution in [0, 0.1) is 6.92 Å². The van der Waals surface area contributed by atoms with E-state index in [1.165, 1.54) is 46.3 Å². The molecule has 0 aromatic heterocycles. The van der Waals surface area contributed by atoms with Crippen molar-refractivity contribution in [3.8, 4) is 23.0 Å². The van der Waals surface area contributed by atoms with Crippen LogP contribution in [-0.4, -0.2) is 24.4 Å². The molecule has 130 valence electrons. The van der Waals surface area contributed by atoms with E-state index in [0.717, 1.165) is 12.8 Å². The van der Waals surface area contributed by atoms with E-state index in [0.29, 0.717) is 11.1 Å². The van der Waals surface area contributed by atoms with E-state index >= 15 is 0 Å². The molecule has 1 rings (SSSR count). The third-order valence-corrected chi connectivity index (χ3v) is 4.07. The Labute approximate surface area is 139 Å². The largest absolute Gasteiger partial charge is 0.504 e. The van der Waals surface area contributed by atoms with Crippen LogP contribution in [0.3, 0.4) is 0 Å². The highest BCUT2D eigenvalue weighted by atomic mass is 16.5. The van der Waals surface area contributed by atoms with Crippen LogP contribution in [-0.2, 0) is 0 Å². The van der Waals surface area contributed by atoms with Gasteiger partial charge in [0.15, 0.2) is 11.5 Å². The van der Waals surface area contributed by atoms with E-state index in [1.807, 2.05) is 12.2 Å². The average molecular weight is 322 g/mol. The molecule has 0 aliphatic carbocycles. The lowest BCUT2D eigenvalue weighted by Gasteiger charge is -2.16. The van der Waals surface area contributed by atoms with Crippen LogP contribution in [0.15, 0.2) is 6.08 Å². The normalized spacial score (nSPS) is 11.1. The number of aromatic hydroxyl groups is 2. The second kappa shape index (κ2) is 10.0. The summed E-state index contributed by atoms with van der Waals surface area (Å²) in [6.45, 7) is 3.97. The van der Waals surface area contributed by atoms with Gasteiger partial charge in [0.1, 0.15) is 0 Å². The van der Waals surface area contributed by atoms with Gasteiger partial charge in [-0.15, -0.1) is 0 Å². The molecule has 0 atom stereocenters. The predicted octanol–water partition coefficient (Wildman–Crippen LogP) is 5.19. The van der Waals surface area contributed by atoms with E-state index in [9.17, 15) is 10.2 Å². The molecule has 0 spiro atoms. The minimum atomic E-state index is -0.00107. The van der Waals surface area contributed by atoms with Gasteiger partial charge in [0.05, 0.1) is 14.2 Å². The molecule has 0 saturated heterocycles. The molecule has 0 amide bonds. The standard InChI is InChI=1S/C19H30O4/c1-5-6-7-8-9-10-11-12-13-15-14(2)16(20)18(22-3)19(23-4)17(15)21/h12-13,20-21H,5-11H2,1-4H3. The first-order valence-corrected chi connectivity index (χ1v) is 8.41. The van der Waals surface area contributed by atoms with E-state index in [-0.39, 0.29) is 23.0 Å². The second-order valence-electron chi connectivity index (χ2n) is 5.76. The van der Waals surface area contributed by atoms with Crippen LogP contribution in [0.5, 0.6) is 23.0 Å². The van der Waals surface area contributed by atoms with Crippen molar-refractivity contribution in [2.24, 2.45) is 0 Å². The van der Waals surface area contributed by atoms with Crippen molar-refractivity contribution < 1.29 is 19.7 Å². The summed E-state index contributed by atoms with van der Waals surface area (Å²) in [5.74, 6) is 0.325. The van der Waals surface area contributed by atoms with Crippen molar-refractivity contribution in [1.82, 2.24) is 0 Å². The van der Waals surface area contributed by atoms with Gasteiger partial charge >= 0.3 is 0 Å². The molecule has 0 fully saturated rings. The Bertz CT molecular complexity index is 521. The molecule has 0 aliphatic rings. The van der Waals surface area contributed by atoms with E-state index in [1.54, 1.807) is 6.92 Å². The van der Waals surface area contributed by atoms with Crippen LogP contribution >= 0.6 is 0 Å². The molecule has 0 aliphatic heterocycles. The fourth-order valence-corrected chi connectivity index (χ4v) is 2.64. The molecule has 0 unspecified atom stereocenters. The maximum absolute atomic E-state index is 10.3. The van der Waals surface area contributed by atoms with Crippen LogP contribution in [0.25, 0.3) is 6.08 Å². The third kappa shape index (κ3) is 5.08. The Balaban J connectivity index is 2.73. The molecule has 0 heterocycles. The Morgan fingerprint density at radius 3 is 2.04 bits per heavy atom. The SMILES string of the molecule is CCCCCCCCC=Cc1c(C)c(O)c(OC)c(OC)c1O. The zero-order valence-corrected chi connectivity index (χ0v) is 14.8. The molecular weight excluding hydrogens is 292 g/mol. The summed E-state index contributed by atoms with van der Waals surface area (Å²) in [4.78, 5) is 0.